The first-order valence-corrected chi connectivity index (χ1v) is 19.0. The van der Waals surface area contributed by atoms with Gasteiger partial charge in [0.1, 0.15) is 5.82 Å². The molecule has 3 aromatic heterocycles. The first kappa shape index (κ1) is 30.9. The lowest BCUT2D eigenvalue weighted by molar-refractivity contribution is 1.10. The number of rotatable bonds is 5. The predicted octanol–water partition coefficient (Wildman–Crippen LogP) is 13.3. The third kappa shape index (κ3) is 4.79. The van der Waals surface area contributed by atoms with Crippen LogP contribution in [0, 0.1) is 0 Å². The zero-order valence-corrected chi connectivity index (χ0v) is 30.7. The van der Waals surface area contributed by atoms with Crippen molar-refractivity contribution in [2.24, 2.45) is 0 Å². The van der Waals surface area contributed by atoms with Crippen molar-refractivity contribution in [2.75, 3.05) is 0 Å². The molecular formula is C49H31BrN4. The Morgan fingerprint density at radius 2 is 0.759 bits per heavy atom. The molecule has 254 valence electrons. The van der Waals surface area contributed by atoms with Crippen molar-refractivity contribution in [2.45, 2.75) is 0 Å². The van der Waals surface area contributed by atoms with Crippen LogP contribution in [0.25, 0.3) is 94.2 Å². The molecule has 8 aromatic carbocycles. The van der Waals surface area contributed by atoms with Crippen LogP contribution in [0.2, 0.25) is 0 Å². The number of aromatic nitrogens is 4. The molecule has 0 N–H and O–H groups in total. The highest BCUT2D eigenvalue weighted by Crippen LogP contribution is 2.40. The van der Waals surface area contributed by atoms with E-state index in [2.05, 4.69) is 218 Å². The monoisotopic (exact) mass is 754 g/mol. The van der Waals surface area contributed by atoms with E-state index in [0.717, 1.165) is 55.1 Å². The van der Waals surface area contributed by atoms with E-state index in [4.69, 9.17) is 4.98 Å². The molecule has 0 fully saturated rings. The summed E-state index contributed by atoms with van der Waals surface area (Å²) >= 11 is 3.93. The summed E-state index contributed by atoms with van der Waals surface area (Å²) in [6, 6.07) is 67.4. The fourth-order valence-electron chi connectivity index (χ4n) is 8.36. The fraction of sp³-hybridized carbons (Fsp3) is 0. The summed E-state index contributed by atoms with van der Waals surface area (Å²) in [7, 11) is 0. The molecule has 0 spiro atoms. The van der Waals surface area contributed by atoms with Crippen molar-refractivity contribution in [3.63, 3.8) is 0 Å². The van der Waals surface area contributed by atoms with E-state index >= 15 is 0 Å². The molecule has 0 unspecified atom stereocenters. The normalized spacial score (nSPS) is 11.8. The minimum atomic E-state index is 0.895. The van der Waals surface area contributed by atoms with Gasteiger partial charge in [-0.15, -0.1) is 0 Å². The van der Waals surface area contributed by atoms with E-state index in [1.165, 1.54) is 43.6 Å². The van der Waals surface area contributed by atoms with Gasteiger partial charge in [-0.3, -0.25) is 4.57 Å². The number of hydrogen-bond acceptors (Lipinski definition) is 1. The van der Waals surface area contributed by atoms with Gasteiger partial charge in [0.05, 0.1) is 33.1 Å². The molecular weight excluding hydrogens is 724 g/mol. The standard InChI is InChI=1S/C49H31BrN4/c50-35-27-32(26-34(28-35)49-51-43-20-8-13-25-48(43)54(49)36-14-2-1-3-15-36)33-29-37(52-44-21-9-4-16-39(44)40-17-5-10-22-45(40)52)31-38(30-33)53-46-23-11-6-18-41(46)42-19-7-12-24-47(42)53/h1-31H. The van der Waals surface area contributed by atoms with E-state index in [1.807, 2.05) is 0 Å². The highest BCUT2D eigenvalue weighted by atomic mass is 79.9. The Bertz CT molecular complexity index is 3000. The number of nitrogens with zero attached hydrogens (tertiary/aromatic N) is 4. The van der Waals surface area contributed by atoms with Crippen molar-refractivity contribution in [1.29, 1.82) is 0 Å². The Labute approximate surface area is 319 Å². The van der Waals surface area contributed by atoms with Gasteiger partial charge in [0.2, 0.25) is 0 Å². The average Bonchev–Trinajstić information content (AvgIpc) is 3.89. The maximum Gasteiger partial charge on any atom is 0.145 e. The van der Waals surface area contributed by atoms with Gasteiger partial charge in [-0.2, -0.15) is 0 Å². The van der Waals surface area contributed by atoms with Gasteiger partial charge < -0.3 is 9.13 Å². The summed E-state index contributed by atoms with van der Waals surface area (Å²) in [5.41, 5.74) is 13.2. The molecule has 4 nitrogen and oxygen atoms in total. The summed E-state index contributed by atoms with van der Waals surface area (Å²) in [5.74, 6) is 0.895. The van der Waals surface area contributed by atoms with E-state index in [0.29, 0.717) is 0 Å². The zero-order chi connectivity index (χ0) is 35.8. The van der Waals surface area contributed by atoms with Crippen LogP contribution in [0.4, 0.5) is 0 Å². The molecule has 0 amide bonds. The second-order valence-electron chi connectivity index (χ2n) is 13.8. The van der Waals surface area contributed by atoms with Crippen LogP contribution in [0.15, 0.2) is 193 Å². The molecule has 11 aromatic rings. The van der Waals surface area contributed by atoms with Crippen LogP contribution in [0.5, 0.6) is 0 Å². The Kier molecular flexibility index (Phi) is 6.97. The van der Waals surface area contributed by atoms with Crippen molar-refractivity contribution in [1.82, 2.24) is 18.7 Å². The molecule has 0 bridgehead atoms. The predicted molar refractivity (Wildman–Crippen MR) is 228 cm³/mol. The van der Waals surface area contributed by atoms with Crippen molar-refractivity contribution < 1.29 is 0 Å². The molecule has 0 saturated carbocycles. The fourth-order valence-corrected chi connectivity index (χ4v) is 8.86. The Hall–Kier alpha value is -6.69. The topological polar surface area (TPSA) is 27.7 Å². The number of para-hydroxylation sites is 7. The number of halogens is 1. The molecule has 0 aliphatic heterocycles. The average molecular weight is 756 g/mol. The van der Waals surface area contributed by atoms with Gasteiger partial charge >= 0.3 is 0 Å². The molecule has 0 aliphatic rings. The summed E-state index contributed by atoms with van der Waals surface area (Å²) in [6.45, 7) is 0. The minimum Gasteiger partial charge on any atom is -0.309 e. The minimum absolute atomic E-state index is 0.895. The maximum atomic E-state index is 5.22. The first-order valence-electron chi connectivity index (χ1n) is 18.2. The van der Waals surface area contributed by atoms with E-state index < -0.39 is 0 Å². The van der Waals surface area contributed by atoms with Gasteiger partial charge in [0.15, 0.2) is 0 Å². The van der Waals surface area contributed by atoms with E-state index in [9.17, 15) is 0 Å². The third-order valence-electron chi connectivity index (χ3n) is 10.6. The number of benzene rings is 8. The molecule has 3 heterocycles. The van der Waals surface area contributed by atoms with Gasteiger partial charge in [-0.25, -0.2) is 4.98 Å². The van der Waals surface area contributed by atoms with Gasteiger partial charge in [0.25, 0.3) is 0 Å². The van der Waals surface area contributed by atoms with Crippen LogP contribution >= 0.6 is 15.9 Å². The van der Waals surface area contributed by atoms with E-state index in [1.54, 1.807) is 0 Å². The van der Waals surface area contributed by atoms with Crippen molar-refractivity contribution >= 4 is 70.6 Å². The molecule has 0 radical (unpaired) electrons. The molecule has 0 saturated heterocycles. The maximum absolute atomic E-state index is 5.22. The van der Waals surface area contributed by atoms with Crippen LogP contribution < -0.4 is 0 Å². The van der Waals surface area contributed by atoms with Crippen molar-refractivity contribution in [3.05, 3.63) is 193 Å². The van der Waals surface area contributed by atoms with Crippen molar-refractivity contribution in [3.8, 4) is 39.6 Å². The second kappa shape index (κ2) is 12.2. The quantitative estimate of drug-likeness (QED) is 0.172. The van der Waals surface area contributed by atoms with Crippen LogP contribution in [-0.4, -0.2) is 18.7 Å². The molecule has 54 heavy (non-hydrogen) atoms. The molecule has 5 heteroatoms. The SMILES string of the molecule is Brc1cc(-c2cc(-n3c4ccccc4c4ccccc43)cc(-n3c4ccccc4c4ccccc43)c2)cc(-c2nc3ccccc3n2-c2ccccc2)c1. The Balaban J connectivity index is 1.21. The smallest absolute Gasteiger partial charge is 0.145 e. The van der Waals surface area contributed by atoms with Crippen LogP contribution in [-0.2, 0) is 0 Å². The lowest BCUT2D eigenvalue weighted by Gasteiger charge is -2.17. The Morgan fingerprint density at radius 3 is 1.30 bits per heavy atom. The summed E-state index contributed by atoms with van der Waals surface area (Å²) in [4.78, 5) is 5.22. The van der Waals surface area contributed by atoms with Gasteiger partial charge in [0, 0.05) is 48.6 Å². The summed E-state index contributed by atoms with van der Waals surface area (Å²) in [5, 5.41) is 4.95. The van der Waals surface area contributed by atoms with Gasteiger partial charge in [-0.05, 0) is 96.1 Å². The highest BCUT2D eigenvalue weighted by molar-refractivity contribution is 9.10. The van der Waals surface area contributed by atoms with Crippen LogP contribution in [0.3, 0.4) is 0 Å². The highest BCUT2D eigenvalue weighted by Gasteiger charge is 2.19. The molecule has 0 atom stereocenters. The number of fused-ring (bicyclic) bond motifs is 7. The van der Waals surface area contributed by atoms with Crippen LogP contribution in [0.1, 0.15) is 0 Å². The second-order valence-corrected chi connectivity index (χ2v) is 14.7. The summed E-state index contributed by atoms with van der Waals surface area (Å²) in [6.07, 6.45) is 0. The first-order chi connectivity index (χ1) is 26.7. The van der Waals surface area contributed by atoms with E-state index in [-0.39, 0.29) is 0 Å². The third-order valence-corrected chi connectivity index (χ3v) is 11.1. The summed E-state index contributed by atoms with van der Waals surface area (Å²) < 4.78 is 8.08. The van der Waals surface area contributed by atoms with Gasteiger partial charge in [-0.1, -0.05) is 119 Å². The molecule has 11 rings (SSSR count). The zero-order valence-electron chi connectivity index (χ0n) is 29.1. The number of imidazole rings is 1. The Morgan fingerprint density at radius 1 is 0.333 bits per heavy atom. The molecule has 0 aliphatic carbocycles. The lowest BCUT2D eigenvalue weighted by atomic mass is 10.0. The largest absolute Gasteiger partial charge is 0.309 e. The lowest BCUT2D eigenvalue weighted by Crippen LogP contribution is -2.00. The number of hydrogen-bond donors (Lipinski definition) is 0.